The number of fused-ring (bicyclic) bond motifs is 1. The second kappa shape index (κ2) is 9.69. The highest BCUT2D eigenvalue weighted by Gasteiger charge is 2.39. The summed E-state index contributed by atoms with van der Waals surface area (Å²) < 4.78 is 5.59. The molecular formula is C30H35NO2. The van der Waals surface area contributed by atoms with Gasteiger partial charge in [-0.05, 0) is 68.0 Å². The molecular weight excluding hydrogens is 406 g/mol. The number of carbonyl (C=O) groups is 1. The fourth-order valence-corrected chi connectivity index (χ4v) is 5.85. The minimum absolute atomic E-state index is 0.229. The summed E-state index contributed by atoms with van der Waals surface area (Å²) in [6, 6.07) is 18.9. The zero-order valence-electron chi connectivity index (χ0n) is 19.8. The Morgan fingerprint density at radius 3 is 2.61 bits per heavy atom. The van der Waals surface area contributed by atoms with E-state index in [1.54, 1.807) is 6.26 Å². The third kappa shape index (κ3) is 4.56. The van der Waals surface area contributed by atoms with E-state index >= 15 is 0 Å². The van der Waals surface area contributed by atoms with E-state index in [-0.39, 0.29) is 5.92 Å². The molecule has 3 aromatic rings. The van der Waals surface area contributed by atoms with Gasteiger partial charge in [0, 0.05) is 24.4 Å². The average Bonchev–Trinajstić information content (AvgIpc) is 3.37. The molecule has 0 spiro atoms. The molecule has 2 aromatic carbocycles. The summed E-state index contributed by atoms with van der Waals surface area (Å²) in [5.41, 5.74) is 4.43. The van der Waals surface area contributed by atoms with Gasteiger partial charge in [-0.3, -0.25) is 9.69 Å². The number of hydrogen-bond donors (Lipinski definition) is 0. The molecule has 0 bridgehead atoms. The van der Waals surface area contributed by atoms with Crippen LogP contribution in [0.15, 0.2) is 71.4 Å². The van der Waals surface area contributed by atoms with Crippen molar-refractivity contribution >= 4 is 22.3 Å². The highest BCUT2D eigenvalue weighted by molar-refractivity contribution is 5.92. The largest absolute Gasteiger partial charge is 0.464 e. The van der Waals surface area contributed by atoms with Gasteiger partial charge >= 0.3 is 0 Å². The molecule has 0 amide bonds. The van der Waals surface area contributed by atoms with E-state index in [4.69, 9.17) is 4.42 Å². The highest BCUT2D eigenvalue weighted by atomic mass is 16.3. The summed E-state index contributed by atoms with van der Waals surface area (Å²) in [5.74, 6) is 0.695. The SMILES string of the molecule is CC(CCN1CC=C(c2cccc3occc23)CC1)(C(=O)C1CCCCC1)c1ccccc1. The average molecular weight is 442 g/mol. The van der Waals surface area contributed by atoms with Crippen LogP contribution in [0.4, 0.5) is 0 Å². The molecule has 0 radical (unpaired) electrons. The Bertz CT molecular complexity index is 1120. The Hall–Kier alpha value is -2.65. The Labute approximate surface area is 197 Å². The lowest BCUT2D eigenvalue weighted by Crippen LogP contribution is -2.42. The first-order chi connectivity index (χ1) is 16.1. The molecule has 2 heterocycles. The minimum atomic E-state index is -0.407. The predicted molar refractivity (Wildman–Crippen MR) is 135 cm³/mol. The lowest BCUT2D eigenvalue weighted by Gasteiger charge is -2.36. The molecule has 3 heteroatoms. The quantitative estimate of drug-likeness (QED) is 0.395. The van der Waals surface area contributed by atoms with Crippen LogP contribution in [-0.4, -0.2) is 30.3 Å². The van der Waals surface area contributed by atoms with Gasteiger partial charge in [0.2, 0.25) is 0 Å². The predicted octanol–water partition coefficient (Wildman–Crippen LogP) is 7.02. The van der Waals surface area contributed by atoms with Crippen molar-refractivity contribution in [2.75, 3.05) is 19.6 Å². The highest BCUT2D eigenvalue weighted by Crippen LogP contribution is 2.37. The lowest BCUT2D eigenvalue weighted by molar-refractivity contribution is -0.129. The molecule has 1 saturated carbocycles. The van der Waals surface area contributed by atoms with E-state index in [9.17, 15) is 4.79 Å². The van der Waals surface area contributed by atoms with Crippen molar-refractivity contribution in [3.8, 4) is 0 Å². The first-order valence-electron chi connectivity index (χ1n) is 12.6. The summed E-state index contributed by atoms with van der Waals surface area (Å²) in [4.78, 5) is 16.3. The van der Waals surface area contributed by atoms with Crippen LogP contribution in [0.5, 0.6) is 0 Å². The summed E-state index contributed by atoms with van der Waals surface area (Å²) in [6.45, 7) is 5.11. The second-order valence-corrected chi connectivity index (χ2v) is 10.1. The van der Waals surface area contributed by atoms with Gasteiger partial charge in [-0.1, -0.05) is 67.8 Å². The molecule has 1 aliphatic carbocycles. The summed E-state index contributed by atoms with van der Waals surface area (Å²) in [7, 11) is 0. The Morgan fingerprint density at radius 2 is 1.85 bits per heavy atom. The molecule has 1 fully saturated rings. The van der Waals surface area contributed by atoms with Crippen molar-refractivity contribution in [1.29, 1.82) is 0 Å². The third-order valence-corrected chi connectivity index (χ3v) is 7.99. The molecule has 3 nitrogen and oxygen atoms in total. The maximum absolute atomic E-state index is 13.8. The number of Topliss-reactive ketones (excluding diaryl/α,β-unsaturated/α-hetero) is 1. The van der Waals surface area contributed by atoms with Crippen LogP contribution >= 0.6 is 0 Å². The first kappa shape index (κ1) is 22.2. The van der Waals surface area contributed by atoms with E-state index in [1.165, 1.54) is 41.3 Å². The topological polar surface area (TPSA) is 33.5 Å². The fraction of sp³-hybridized carbons (Fsp3) is 0.433. The molecule has 1 atom stereocenters. The van der Waals surface area contributed by atoms with Crippen molar-refractivity contribution in [1.82, 2.24) is 4.90 Å². The molecule has 33 heavy (non-hydrogen) atoms. The van der Waals surface area contributed by atoms with Crippen LogP contribution in [0.3, 0.4) is 0 Å². The zero-order valence-corrected chi connectivity index (χ0v) is 19.8. The van der Waals surface area contributed by atoms with Crippen molar-refractivity contribution < 1.29 is 9.21 Å². The van der Waals surface area contributed by atoms with Crippen LogP contribution in [0.1, 0.15) is 63.0 Å². The molecule has 1 aromatic heterocycles. The Balaban J connectivity index is 1.30. The smallest absolute Gasteiger partial charge is 0.146 e. The minimum Gasteiger partial charge on any atom is -0.464 e. The molecule has 0 N–H and O–H groups in total. The van der Waals surface area contributed by atoms with Gasteiger partial charge in [-0.25, -0.2) is 0 Å². The third-order valence-electron chi connectivity index (χ3n) is 7.99. The molecule has 2 aliphatic rings. The van der Waals surface area contributed by atoms with Gasteiger partial charge < -0.3 is 4.42 Å². The molecule has 172 valence electrons. The maximum atomic E-state index is 13.8. The monoisotopic (exact) mass is 441 g/mol. The standard InChI is InChI=1S/C30H35NO2/c1-30(25-11-6-3-7-12-25,29(32)24-9-4-2-5-10-24)18-21-31-19-15-23(16-20-31)26-13-8-14-28-27(26)17-22-33-28/h3,6-8,11-15,17,22,24H,2,4-5,9-10,16,18-21H2,1H3. The Morgan fingerprint density at radius 1 is 1.03 bits per heavy atom. The number of benzene rings is 2. The first-order valence-corrected chi connectivity index (χ1v) is 12.6. The van der Waals surface area contributed by atoms with Gasteiger partial charge in [0.25, 0.3) is 0 Å². The van der Waals surface area contributed by atoms with Crippen molar-refractivity contribution in [2.24, 2.45) is 5.92 Å². The summed E-state index contributed by atoms with van der Waals surface area (Å²) >= 11 is 0. The number of hydrogen-bond acceptors (Lipinski definition) is 3. The lowest BCUT2D eigenvalue weighted by atomic mass is 9.69. The van der Waals surface area contributed by atoms with E-state index < -0.39 is 5.41 Å². The van der Waals surface area contributed by atoms with Gasteiger partial charge in [-0.15, -0.1) is 0 Å². The van der Waals surface area contributed by atoms with Crippen LogP contribution < -0.4 is 0 Å². The second-order valence-electron chi connectivity index (χ2n) is 10.1. The van der Waals surface area contributed by atoms with Gasteiger partial charge in [0.15, 0.2) is 0 Å². The van der Waals surface area contributed by atoms with Crippen molar-refractivity contribution in [3.63, 3.8) is 0 Å². The number of carbonyl (C=O) groups excluding carboxylic acids is 1. The van der Waals surface area contributed by atoms with E-state index in [1.807, 2.05) is 12.1 Å². The van der Waals surface area contributed by atoms with Crippen molar-refractivity contribution in [2.45, 2.75) is 57.3 Å². The van der Waals surface area contributed by atoms with Crippen LogP contribution in [-0.2, 0) is 10.2 Å². The molecule has 5 rings (SSSR count). The number of nitrogens with zero attached hydrogens (tertiary/aromatic N) is 1. The van der Waals surface area contributed by atoms with Crippen molar-refractivity contribution in [3.05, 3.63) is 78.1 Å². The Kier molecular flexibility index (Phi) is 6.50. The molecule has 1 aliphatic heterocycles. The van der Waals surface area contributed by atoms with E-state index in [0.29, 0.717) is 5.78 Å². The van der Waals surface area contributed by atoms with E-state index in [2.05, 4.69) is 60.4 Å². The zero-order chi connectivity index (χ0) is 22.7. The number of ketones is 1. The molecule has 1 unspecified atom stereocenters. The van der Waals surface area contributed by atoms with Crippen LogP contribution in [0.25, 0.3) is 16.5 Å². The number of rotatable bonds is 7. The maximum Gasteiger partial charge on any atom is 0.146 e. The number of furan rings is 1. The van der Waals surface area contributed by atoms with Crippen LogP contribution in [0, 0.1) is 5.92 Å². The van der Waals surface area contributed by atoms with Gasteiger partial charge in [0.05, 0.1) is 11.7 Å². The normalized spacial score (nSPS) is 19.8. The van der Waals surface area contributed by atoms with Gasteiger partial charge in [-0.2, -0.15) is 0 Å². The summed E-state index contributed by atoms with van der Waals surface area (Å²) in [5, 5.41) is 1.20. The van der Waals surface area contributed by atoms with Gasteiger partial charge in [0.1, 0.15) is 11.4 Å². The molecule has 0 saturated heterocycles. The fourth-order valence-electron chi connectivity index (χ4n) is 5.85. The van der Waals surface area contributed by atoms with Crippen LogP contribution in [0.2, 0.25) is 0 Å². The summed E-state index contributed by atoms with van der Waals surface area (Å²) in [6.07, 6.45) is 11.9. The van der Waals surface area contributed by atoms with E-state index in [0.717, 1.165) is 50.9 Å².